The lowest BCUT2D eigenvalue weighted by Gasteiger charge is -2.15. The molecular weight excluding hydrogens is 704 g/mol. The van der Waals surface area contributed by atoms with Gasteiger partial charge in [-0.2, -0.15) is 52.7 Å². The van der Waals surface area contributed by atoms with Gasteiger partial charge in [-0.05, 0) is 80.8 Å². The van der Waals surface area contributed by atoms with Gasteiger partial charge in [0.25, 0.3) is 0 Å². The van der Waals surface area contributed by atoms with E-state index in [-0.39, 0.29) is 29.4 Å². The lowest BCUT2D eigenvalue weighted by molar-refractivity contribution is -0.144. The second-order valence-electron chi connectivity index (χ2n) is 11.1. The fourth-order valence-electron chi connectivity index (χ4n) is 4.25. The fourth-order valence-corrected chi connectivity index (χ4v) is 4.25. The minimum absolute atomic E-state index is 0.0214. The summed E-state index contributed by atoms with van der Waals surface area (Å²) in [4.78, 5) is 15.1. The maximum Gasteiger partial charge on any atom is 0.416 e. The van der Waals surface area contributed by atoms with E-state index in [4.69, 9.17) is 5.73 Å². The van der Waals surface area contributed by atoms with Crippen LogP contribution in [0.2, 0.25) is 0 Å². The van der Waals surface area contributed by atoms with Crippen molar-refractivity contribution >= 4 is 11.5 Å². The minimum Gasteiger partial charge on any atom is -0.324 e. The molecule has 0 saturated heterocycles. The molecule has 0 amide bonds. The van der Waals surface area contributed by atoms with Crippen LogP contribution in [0.15, 0.2) is 102 Å². The van der Waals surface area contributed by atoms with Crippen molar-refractivity contribution in [3.8, 4) is 0 Å². The van der Waals surface area contributed by atoms with Crippen molar-refractivity contribution in [1.29, 1.82) is 0 Å². The van der Waals surface area contributed by atoms with Crippen LogP contribution < -0.4 is 5.73 Å². The van der Waals surface area contributed by atoms with Crippen LogP contribution in [-0.4, -0.2) is 11.5 Å². The second-order valence-corrected chi connectivity index (χ2v) is 11.1. The van der Waals surface area contributed by atoms with Crippen molar-refractivity contribution in [2.24, 2.45) is 10.7 Å². The molecule has 2 atom stereocenters. The van der Waals surface area contributed by atoms with Crippen molar-refractivity contribution in [3.63, 3.8) is 0 Å². The number of rotatable bonds is 5. The molecule has 0 aliphatic rings. The van der Waals surface area contributed by atoms with Gasteiger partial charge in [0.05, 0.1) is 28.3 Å². The summed E-state index contributed by atoms with van der Waals surface area (Å²) in [6.45, 7) is 6.00. The molecule has 0 bridgehead atoms. The lowest BCUT2D eigenvalue weighted by atomic mass is 10.0. The standard InChI is InChI=1S/C18H15F6N.C10H6F6O.C8H11N/c1-11(13-6-4-3-5-7-13)25-12(2)14-8-15(17(19,20)21)10-16(9-14)18(22,23)24;1-5(17)6-2-7(9(11,12)13)4-8(3-6)10(14,15)16;1-7(9)8-5-3-2-4-6-8/h3-11H,1-2H3;2-4H,1H3;2-7H,9H2,1H3. The number of benzene rings is 4. The molecule has 0 fully saturated rings. The van der Waals surface area contributed by atoms with E-state index < -0.39 is 64.3 Å². The van der Waals surface area contributed by atoms with Crippen molar-refractivity contribution in [3.05, 3.63) is 142 Å². The van der Waals surface area contributed by atoms with Crippen molar-refractivity contribution in [1.82, 2.24) is 0 Å². The summed E-state index contributed by atoms with van der Waals surface area (Å²) in [5.41, 5.74) is 1.23. The third-order valence-electron chi connectivity index (χ3n) is 6.99. The van der Waals surface area contributed by atoms with Crippen LogP contribution >= 0.6 is 0 Å². The Morgan fingerprint density at radius 3 is 1.12 bits per heavy atom. The summed E-state index contributed by atoms with van der Waals surface area (Å²) < 4.78 is 151. The molecule has 3 nitrogen and oxygen atoms in total. The molecule has 2 unspecified atom stereocenters. The van der Waals surface area contributed by atoms with E-state index in [2.05, 4.69) is 4.99 Å². The molecule has 0 spiro atoms. The van der Waals surface area contributed by atoms with E-state index in [1.165, 1.54) is 12.5 Å². The maximum absolute atomic E-state index is 12.9. The highest BCUT2D eigenvalue weighted by Crippen LogP contribution is 2.38. The summed E-state index contributed by atoms with van der Waals surface area (Å²) in [7, 11) is 0. The highest BCUT2D eigenvalue weighted by Gasteiger charge is 2.38. The highest BCUT2D eigenvalue weighted by molar-refractivity contribution is 5.99. The summed E-state index contributed by atoms with van der Waals surface area (Å²) >= 11 is 0. The van der Waals surface area contributed by atoms with E-state index in [1.807, 2.05) is 37.3 Å². The average Bonchev–Trinajstić information content (AvgIpc) is 3.04. The van der Waals surface area contributed by atoms with Gasteiger partial charge in [0, 0.05) is 17.3 Å². The Morgan fingerprint density at radius 1 is 0.529 bits per heavy atom. The molecule has 0 radical (unpaired) electrons. The third-order valence-corrected chi connectivity index (χ3v) is 6.99. The average molecular weight is 737 g/mol. The first-order valence-electron chi connectivity index (χ1n) is 14.8. The molecule has 15 heteroatoms. The molecule has 276 valence electrons. The van der Waals surface area contributed by atoms with Gasteiger partial charge in [-0.3, -0.25) is 9.79 Å². The minimum atomic E-state index is -4.93. The Labute approximate surface area is 285 Å². The SMILES string of the molecule is CC(=NC(C)c1ccccc1)c1cc(C(F)(F)F)cc(C(F)(F)F)c1.CC(=O)c1cc(C(F)(F)F)cc(C(F)(F)F)c1.CC(N)c1ccccc1. The molecule has 0 saturated carbocycles. The van der Waals surface area contributed by atoms with Gasteiger partial charge < -0.3 is 5.73 Å². The molecule has 2 N–H and O–H groups in total. The van der Waals surface area contributed by atoms with Crippen LogP contribution in [-0.2, 0) is 24.7 Å². The Hall–Kier alpha value is -4.66. The molecular formula is C36H32F12N2O. The molecule has 0 aliphatic heterocycles. The molecule has 0 aromatic heterocycles. The number of hydrogen-bond donors (Lipinski definition) is 1. The van der Waals surface area contributed by atoms with E-state index in [0.29, 0.717) is 24.3 Å². The largest absolute Gasteiger partial charge is 0.416 e. The highest BCUT2D eigenvalue weighted by atomic mass is 19.4. The summed E-state index contributed by atoms with van der Waals surface area (Å²) in [6.07, 6.45) is -19.6. The van der Waals surface area contributed by atoms with E-state index in [9.17, 15) is 57.5 Å². The fraction of sp³-hybridized carbons (Fsp3) is 0.278. The number of carbonyl (C=O) groups is 1. The molecule has 4 rings (SSSR count). The first kappa shape index (κ1) is 42.5. The predicted octanol–water partition coefficient (Wildman–Crippen LogP) is 11.9. The van der Waals surface area contributed by atoms with Crippen LogP contribution in [0.1, 0.15) is 89.1 Å². The number of carbonyl (C=O) groups excluding carboxylic acids is 1. The Morgan fingerprint density at radius 2 is 0.843 bits per heavy atom. The van der Waals surface area contributed by atoms with E-state index >= 15 is 0 Å². The quantitative estimate of drug-likeness (QED) is 0.126. The third kappa shape index (κ3) is 13.5. The predicted molar refractivity (Wildman–Crippen MR) is 169 cm³/mol. The molecule has 0 aliphatic carbocycles. The molecule has 4 aromatic rings. The smallest absolute Gasteiger partial charge is 0.324 e. The van der Waals surface area contributed by atoms with Gasteiger partial charge in [-0.15, -0.1) is 0 Å². The number of halogens is 12. The van der Waals surface area contributed by atoms with Crippen LogP contribution in [0.4, 0.5) is 52.7 Å². The van der Waals surface area contributed by atoms with Gasteiger partial charge in [0.15, 0.2) is 5.78 Å². The first-order valence-corrected chi connectivity index (χ1v) is 14.8. The van der Waals surface area contributed by atoms with Gasteiger partial charge in [0.2, 0.25) is 0 Å². The maximum atomic E-state index is 12.9. The van der Waals surface area contributed by atoms with Crippen molar-refractivity contribution < 1.29 is 57.5 Å². The number of ketones is 1. The topological polar surface area (TPSA) is 55.5 Å². The number of alkyl halides is 12. The lowest BCUT2D eigenvalue weighted by Crippen LogP contribution is -2.13. The number of hydrogen-bond acceptors (Lipinski definition) is 3. The van der Waals surface area contributed by atoms with Gasteiger partial charge in [-0.1, -0.05) is 60.7 Å². The first-order chi connectivity index (χ1) is 23.3. The molecule has 4 aromatic carbocycles. The zero-order chi connectivity index (χ0) is 38.9. The second kappa shape index (κ2) is 17.0. The number of aliphatic imine (C=N–C) groups is 1. The number of Topliss-reactive ketones (excluding diaryl/α,β-unsaturated/α-hetero) is 1. The Balaban J connectivity index is 0.000000297. The molecule has 51 heavy (non-hydrogen) atoms. The van der Waals surface area contributed by atoms with E-state index in [1.54, 1.807) is 37.3 Å². The van der Waals surface area contributed by atoms with Crippen LogP contribution in [0.3, 0.4) is 0 Å². The Bertz CT molecular complexity index is 1690. The van der Waals surface area contributed by atoms with Crippen molar-refractivity contribution in [2.45, 2.75) is 64.5 Å². The number of nitrogens with zero attached hydrogens (tertiary/aromatic N) is 1. The van der Waals surface area contributed by atoms with E-state index in [0.717, 1.165) is 12.5 Å². The summed E-state index contributed by atoms with van der Waals surface area (Å²) in [5.74, 6) is -0.860. The van der Waals surface area contributed by atoms with Gasteiger partial charge >= 0.3 is 24.7 Å². The Kier molecular flexibility index (Phi) is 14.2. The van der Waals surface area contributed by atoms with Crippen LogP contribution in [0.25, 0.3) is 0 Å². The van der Waals surface area contributed by atoms with Crippen molar-refractivity contribution in [2.75, 3.05) is 0 Å². The monoisotopic (exact) mass is 736 g/mol. The molecule has 0 heterocycles. The van der Waals surface area contributed by atoms with Gasteiger partial charge in [-0.25, -0.2) is 0 Å². The van der Waals surface area contributed by atoms with Crippen LogP contribution in [0.5, 0.6) is 0 Å². The van der Waals surface area contributed by atoms with Crippen LogP contribution in [0, 0.1) is 0 Å². The zero-order valence-electron chi connectivity index (χ0n) is 27.4. The zero-order valence-corrected chi connectivity index (χ0v) is 27.4. The normalized spacial score (nSPS) is 13.6. The van der Waals surface area contributed by atoms with Gasteiger partial charge in [0.1, 0.15) is 0 Å². The summed E-state index contributed by atoms with van der Waals surface area (Å²) in [5, 5.41) is 0. The number of nitrogens with two attached hydrogens (primary N) is 1. The summed E-state index contributed by atoms with van der Waals surface area (Å²) in [6, 6.07) is 21.0.